The Morgan fingerprint density at radius 2 is 2.03 bits per heavy atom. The Balaban J connectivity index is 2.05. The van der Waals surface area contributed by atoms with Crippen LogP contribution in [0.2, 0.25) is 0 Å². The minimum absolute atomic E-state index is 0.143. The minimum Gasteiger partial charge on any atom is -0.497 e. The van der Waals surface area contributed by atoms with Crippen LogP contribution in [0.15, 0.2) is 59.1 Å². The molecule has 0 spiro atoms. The molecule has 1 heterocycles. The quantitative estimate of drug-likeness (QED) is 0.604. The second-order valence-electron chi connectivity index (χ2n) is 6.18. The maximum absolute atomic E-state index is 13.2. The average Bonchev–Trinajstić information content (AvgIpc) is 3.05. The van der Waals surface area contributed by atoms with Gasteiger partial charge in [0.2, 0.25) is 5.91 Å². The van der Waals surface area contributed by atoms with Gasteiger partial charge in [0, 0.05) is 13.1 Å². The SMILES string of the molecule is CNC(=O)/C(C#N)=C1\S[C@@H](Cc2ccc(F)cc2)C(=O)N1c1cccc(OC)c1. The van der Waals surface area contributed by atoms with Crippen LogP contribution in [0.5, 0.6) is 5.75 Å². The van der Waals surface area contributed by atoms with Crippen LogP contribution >= 0.6 is 11.8 Å². The first-order chi connectivity index (χ1) is 14.0. The fraction of sp³-hybridized carbons (Fsp3) is 0.190. The van der Waals surface area contributed by atoms with Crippen LogP contribution in [0.1, 0.15) is 5.56 Å². The van der Waals surface area contributed by atoms with E-state index in [2.05, 4.69) is 5.32 Å². The number of anilines is 1. The molecule has 6 nitrogen and oxygen atoms in total. The third kappa shape index (κ3) is 4.25. The molecule has 3 rings (SSSR count). The summed E-state index contributed by atoms with van der Waals surface area (Å²) in [5.74, 6) is -0.651. The summed E-state index contributed by atoms with van der Waals surface area (Å²) in [5, 5.41) is 11.7. The lowest BCUT2D eigenvalue weighted by Gasteiger charge is -2.19. The summed E-state index contributed by atoms with van der Waals surface area (Å²) in [5.41, 5.74) is 1.13. The number of benzene rings is 2. The number of rotatable bonds is 5. The Hall–Kier alpha value is -3.31. The van der Waals surface area contributed by atoms with Crippen molar-refractivity contribution < 1.29 is 18.7 Å². The molecule has 1 fully saturated rings. The van der Waals surface area contributed by atoms with Gasteiger partial charge < -0.3 is 10.1 Å². The van der Waals surface area contributed by atoms with E-state index in [1.165, 1.54) is 31.2 Å². The fourth-order valence-corrected chi connectivity index (χ4v) is 4.24. The van der Waals surface area contributed by atoms with E-state index in [0.29, 0.717) is 17.9 Å². The average molecular weight is 411 g/mol. The van der Waals surface area contributed by atoms with Crippen LogP contribution in [-0.2, 0) is 16.0 Å². The lowest BCUT2D eigenvalue weighted by atomic mass is 10.1. The Morgan fingerprint density at radius 1 is 1.31 bits per heavy atom. The van der Waals surface area contributed by atoms with Gasteiger partial charge in [0.05, 0.1) is 18.0 Å². The first-order valence-corrected chi connectivity index (χ1v) is 9.62. The summed E-state index contributed by atoms with van der Waals surface area (Å²) in [7, 11) is 2.94. The molecule has 1 saturated heterocycles. The van der Waals surface area contributed by atoms with Gasteiger partial charge in [0.1, 0.15) is 28.2 Å². The van der Waals surface area contributed by atoms with Gasteiger partial charge in [-0.05, 0) is 36.2 Å². The molecule has 0 bridgehead atoms. The maximum Gasteiger partial charge on any atom is 0.264 e. The zero-order chi connectivity index (χ0) is 21.0. The van der Waals surface area contributed by atoms with Crippen LogP contribution in [0.3, 0.4) is 0 Å². The highest BCUT2D eigenvalue weighted by Crippen LogP contribution is 2.42. The van der Waals surface area contributed by atoms with Crippen molar-refractivity contribution in [2.75, 3.05) is 19.1 Å². The van der Waals surface area contributed by atoms with Gasteiger partial charge in [-0.15, -0.1) is 0 Å². The number of amides is 2. The lowest BCUT2D eigenvalue weighted by molar-refractivity contribution is -0.117. The van der Waals surface area contributed by atoms with Gasteiger partial charge in [0.25, 0.3) is 5.91 Å². The number of halogens is 1. The van der Waals surface area contributed by atoms with E-state index in [1.807, 2.05) is 6.07 Å². The number of thioether (sulfide) groups is 1. The summed E-state index contributed by atoms with van der Waals surface area (Å²) in [6.07, 6.45) is 0.334. The number of nitriles is 1. The fourth-order valence-electron chi connectivity index (χ4n) is 2.93. The zero-order valence-electron chi connectivity index (χ0n) is 15.8. The van der Waals surface area contributed by atoms with Gasteiger partial charge in [-0.3, -0.25) is 14.5 Å². The van der Waals surface area contributed by atoms with Crippen molar-refractivity contribution in [1.82, 2.24) is 5.32 Å². The molecule has 148 valence electrons. The lowest BCUT2D eigenvalue weighted by Crippen LogP contribution is -2.31. The van der Waals surface area contributed by atoms with E-state index >= 15 is 0 Å². The molecule has 2 aromatic rings. The van der Waals surface area contributed by atoms with Gasteiger partial charge in [-0.25, -0.2) is 4.39 Å². The first-order valence-electron chi connectivity index (χ1n) is 8.74. The molecule has 0 saturated carbocycles. The molecule has 0 radical (unpaired) electrons. The highest BCUT2D eigenvalue weighted by atomic mass is 32.2. The minimum atomic E-state index is -0.571. The number of ether oxygens (including phenoxy) is 1. The van der Waals surface area contributed by atoms with Crippen molar-refractivity contribution in [1.29, 1.82) is 5.26 Å². The molecular formula is C21H18FN3O3S. The van der Waals surface area contributed by atoms with Crippen LogP contribution in [0, 0.1) is 17.1 Å². The molecule has 2 amide bonds. The molecule has 2 aromatic carbocycles. The van der Waals surface area contributed by atoms with Gasteiger partial charge in [-0.1, -0.05) is 30.0 Å². The second kappa shape index (κ2) is 8.80. The molecule has 1 aliphatic heterocycles. The monoisotopic (exact) mass is 411 g/mol. The molecule has 29 heavy (non-hydrogen) atoms. The van der Waals surface area contributed by atoms with Gasteiger partial charge in [0.15, 0.2) is 0 Å². The largest absolute Gasteiger partial charge is 0.497 e. The highest BCUT2D eigenvalue weighted by molar-refractivity contribution is 8.05. The Kier molecular flexibility index (Phi) is 6.20. The number of likely N-dealkylation sites (N-methyl/N-ethyl adjacent to an activating group) is 1. The standard InChI is InChI=1S/C21H18FN3O3S/c1-24-19(26)17(12-23)21-25(15-4-3-5-16(11-15)28-2)20(27)18(29-21)10-13-6-8-14(22)9-7-13/h3-9,11,18H,10H2,1-2H3,(H,24,26)/b21-17-/t18-/m0/s1. The number of methoxy groups -OCH3 is 1. The molecule has 1 N–H and O–H groups in total. The van der Waals surface area contributed by atoms with Crippen molar-refractivity contribution in [2.24, 2.45) is 0 Å². The van der Waals surface area contributed by atoms with Crippen LogP contribution in [-0.4, -0.2) is 31.2 Å². The van der Waals surface area contributed by atoms with Crippen molar-refractivity contribution in [2.45, 2.75) is 11.7 Å². The summed E-state index contributed by atoms with van der Waals surface area (Å²) in [6, 6.07) is 14.6. The predicted octanol–water partition coefficient (Wildman–Crippen LogP) is 3.01. The van der Waals surface area contributed by atoms with Crippen molar-refractivity contribution in [3.05, 3.63) is 70.5 Å². The third-order valence-electron chi connectivity index (χ3n) is 4.38. The van der Waals surface area contributed by atoms with E-state index in [1.54, 1.807) is 36.4 Å². The van der Waals surface area contributed by atoms with E-state index in [4.69, 9.17) is 4.74 Å². The van der Waals surface area contributed by atoms with E-state index in [9.17, 15) is 19.2 Å². The molecule has 0 unspecified atom stereocenters. The van der Waals surface area contributed by atoms with E-state index < -0.39 is 11.2 Å². The summed E-state index contributed by atoms with van der Waals surface area (Å²) in [6.45, 7) is 0. The van der Waals surface area contributed by atoms with Crippen LogP contribution in [0.25, 0.3) is 0 Å². The maximum atomic E-state index is 13.2. The number of hydrogen-bond acceptors (Lipinski definition) is 5. The second-order valence-corrected chi connectivity index (χ2v) is 7.37. The van der Waals surface area contributed by atoms with Gasteiger partial charge >= 0.3 is 0 Å². The summed E-state index contributed by atoms with van der Waals surface area (Å²) < 4.78 is 18.4. The topological polar surface area (TPSA) is 82.4 Å². The molecule has 0 aliphatic carbocycles. The Labute approximate surface area is 172 Å². The number of nitrogens with zero attached hydrogens (tertiary/aromatic N) is 2. The first kappa shape index (κ1) is 20.4. The molecular weight excluding hydrogens is 393 g/mol. The molecule has 8 heteroatoms. The Morgan fingerprint density at radius 3 is 2.66 bits per heavy atom. The number of nitrogens with one attached hydrogen (secondary N) is 1. The zero-order valence-corrected chi connectivity index (χ0v) is 16.6. The van der Waals surface area contributed by atoms with Crippen molar-refractivity contribution >= 4 is 29.3 Å². The third-order valence-corrected chi connectivity index (χ3v) is 5.64. The normalized spacial score (nSPS) is 17.7. The number of carbonyl (C=O) groups excluding carboxylic acids is 2. The van der Waals surface area contributed by atoms with Gasteiger partial charge in [-0.2, -0.15) is 5.26 Å². The highest BCUT2D eigenvalue weighted by Gasteiger charge is 2.40. The molecule has 1 aliphatic rings. The van der Waals surface area contributed by atoms with E-state index in [-0.39, 0.29) is 22.3 Å². The van der Waals surface area contributed by atoms with E-state index in [0.717, 1.165) is 17.3 Å². The Bertz CT molecular complexity index is 1010. The smallest absolute Gasteiger partial charge is 0.264 e. The molecule has 1 atom stereocenters. The molecule has 0 aromatic heterocycles. The van der Waals surface area contributed by atoms with Crippen LogP contribution < -0.4 is 15.0 Å². The number of hydrogen-bond donors (Lipinski definition) is 1. The summed E-state index contributed by atoms with van der Waals surface area (Å²) in [4.78, 5) is 26.8. The van der Waals surface area contributed by atoms with Crippen molar-refractivity contribution in [3.8, 4) is 11.8 Å². The number of carbonyl (C=O) groups is 2. The predicted molar refractivity (Wildman–Crippen MR) is 109 cm³/mol. The van der Waals surface area contributed by atoms with Crippen molar-refractivity contribution in [3.63, 3.8) is 0 Å². The van der Waals surface area contributed by atoms with Crippen LogP contribution in [0.4, 0.5) is 10.1 Å². The summed E-state index contributed by atoms with van der Waals surface area (Å²) >= 11 is 1.15.